The normalized spacial score (nSPS) is 12.5. The van der Waals surface area contributed by atoms with Crippen LogP contribution in [0.15, 0.2) is 12.1 Å². The number of rotatable bonds is 2. The summed E-state index contributed by atoms with van der Waals surface area (Å²) in [6, 6.07) is 1.15. The first-order valence-corrected chi connectivity index (χ1v) is 4.35. The van der Waals surface area contributed by atoms with Gasteiger partial charge in [0.1, 0.15) is 11.8 Å². The first kappa shape index (κ1) is 11.1. The van der Waals surface area contributed by atoms with E-state index >= 15 is 0 Å². The van der Waals surface area contributed by atoms with Crippen LogP contribution in [0.3, 0.4) is 0 Å². The standard InChI is InChI=1S/C8H7Cl2NO3/c9-3-1-4(10)6(5(12)2-3)7(11)8(13)14/h1-2,7,12H,11H2,(H,13,14)/t7-/m0/s1. The van der Waals surface area contributed by atoms with E-state index in [4.69, 9.17) is 34.0 Å². The zero-order valence-corrected chi connectivity index (χ0v) is 8.38. The first-order chi connectivity index (χ1) is 6.43. The fourth-order valence-electron chi connectivity index (χ4n) is 1.00. The predicted octanol–water partition coefficient (Wildman–Crippen LogP) is 1.78. The summed E-state index contributed by atoms with van der Waals surface area (Å²) in [7, 11) is 0. The number of halogens is 2. The van der Waals surface area contributed by atoms with Gasteiger partial charge in [0.05, 0.1) is 5.02 Å². The quantitative estimate of drug-likeness (QED) is 0.730. The van der Waals surface area contributed by atoms with E-state index < -0.39 is 12.0 Å². The van der Waals surface area contributed by atoms with Crippen molar-refractivity contribution >= 4 is 29.2 Å². The molecular weight excluding hydrogens is 229 g/mol. The van der Waals surface area contributed by atoms with Crippen LogP contribution in [0.1, 0.15) is 11.6 Å². The molecule has 0 aliphatic carbocycles. The largest absolute Gasteiger partial charge is 0.507 e. The van der Waals surface area contributed by atoms with Gasteiger partial charge >= 0.3 is 5.97 Å². The molecule has 14 heavy (non-hydrogen) atoms. The average Bonchev–Trinajstić information content (AvgIpc) is 2.01. The minimum absolute atomic E-state index is 0.0323. The maximum Gasteiger partial charge on any atom is 0.325 e. The molecule has 4 N–H and O–H groups in total. The maximum absolute atomic E-state index is 10.6. The second kappa shape index (κ2) is 4.04. The molecule has 0 amide bonds. The molecular formula is C8H7Cl2NO3. The SMILES string of the molecule is N[C@H](C(=O)O)c1c(O)cc(Cl)cc1Cl. The molecule has 1 aromatic carbocycles. The van der Waals surface area contributed by atoms with Gasteiger partial charge in [-0.3, -0.25) is 4.79 Å². The van der Waals surface area contributed by atoms with Gasteiger partial charge in [0.2, 0.25) is 0 Å². The van der Waals surface area contributed by atoms with Crippen molar-refractivity contribution in [1.82, 2.24) is 0 Å². The van der Waals surface area contributed by atoms with E-state index in [1.54, 1.807) is 0 Å². The van der Waals surface area contributed by atoms with E-state index in [1.807, 2.05) is 0 Å². The number of phenolic OH excluding ortho intramolecular Hbond substituents is 1. The van der Waals surface area contributed by atoms with Crippen LogP contribution in [0.5, 0.6) is 5.75 Å². The zero-order chi connectivity index (χ0) is 10.9. The molecule has 0 aromatic heterocycles. The van der Waals surface area contributed by atoms with Crippen molar-refractivity contribution in [2.75, 3.05) is 0 Å². The van der Waals surface area contributed by atoms with Crippen LogP contribution in [-0.2, 0) is 4.79 Å². The number of hydrogen-bond donors (Lipinski definition) is 3. The summed E-state index contributed by atoms with van der Waals surface area (Å²) in [5.41, 5.74) is 5.26. The summed E-state index contributed by atoms with van der Waals surface area (Å²) < 4.78 is 0. The van der Waals surface area contributed by atoms with E-state index in [2.05, 4.69) is 0 Å². The van der Waals surface area contributed by atoms with E-state index in [0.29, 0.717) is 0 Å². The highest BCUT2D eigenvalue weighted by atomic mass is 35.5. The molecule has 0 fully saturated rings. The molecule has 1 atom stereocenters. The molecule has 0 unspecified atom stereocenters. The van der Waals surface area contributed by atoms with Crippen LogP contribution in [-0.4, -0.2) is 16.2 Å². The number of nitrogens with two attached hydrogens (primary N) is 1. The van der Waals surface area contributed by atoms with Gasteiger partial charge in [-0.15, -0.1) is 0 Å². The van der Waals surface area contributed by atoms with Gasteiger partial charge in [-0.1, -0.05) is 23.2 Å². The van der Waals surface area contributed by atoms with Gasteiger partial charge < -0.3 is 15.9 Å². The summed E-state index contributed by atoms with van der Waals surface area (Å²) in [6.07, 6.45) is 0. The number of aliphatic carboxylic acids is 1. The van der Waals surface area contributed by atoms with Crippen molar-refractivity contribution in [3.63, 3.8) is 0 Å². The van der Waals surface area contributed by atoms with Gasteiger partial charge in [-0.2, -0.15) is 0 Å². The molecule has 76 valence electrons. The smallest absolute Gasteiger partial charge is 0.325 e. The molecule has 0 radical (unpaired) electrons. The number of hydrogen-bond acceptors (Lipinski definition) is 3. The summed E-state index contributed by atoms with van der Waals surface area (Å²) in [4.78, 5) is 10.6. The molecule has 6 heteroatoms. The molecule has 4 nitrogen and oxygen atoms in total. The van der Waals surface area contributed by atoms with E-state index in [9.17, 15) is 9.90 Å². The topological polar surface area (TPSA) is 83.6 Å². The lowest BCUT2D eigenvalue weighted by molar-refractivity contribution is -0.138. The van der Waals surface area contributed by atoms with Crippen LogP contribution < -0.4 is 5.73 Å². The van der Waals surface area contributed by atoms with E-state index in [-0.39, 0.29) is 21.4 Å². The molecule has 1 rings (SSSR count). The molecule has 0 heterocycles. The molecule has 0 spiro atoms. The number of carboxylic acids is 1. The summed E-state index contributed by atoms with van der Waals surface area (Å²) in [6.45, 7) is 0. The van der Waals surface area contributed by atoms with Crippen molar-refractivity contribution in [3.05, 3.63) is 27.7 Å². The number of carbonyl (C=O) groups is 1. The van der Waals surface area contributed by atoms with Crippen LogP contribution in [0.4, 0.5) is 0 Å². The second-order valence-corrected chi connectivity index (χ2v) is 3.48. The number of benzene rings is 1. The third-order valence-electron chi connectivity index (χ3n) is 1.65. The Morgan fingerprint density at radius 1 is 1.43 bits per heavy atom. The Kier molecular flexibility index (Phi) is 3.21. The van der Waals surface area contributed by atoms with Gasteiger partial charge in [-0.25, -0.2) is 0 Å². The van der Waals surface area contributed by atoms with Crippen molar-refractivity contribution < 1.29 is 15.0 Å². The van der Waals surface area contributed by atoms with Crippen molar-refractivity contribution in [1.29, 1.82) is 0 Å². The van der Waals surface area contributed by atoms with Gasteiger partial charge in [0.25, 0.3) is 0 Å². The highest BCUT2D eigenvalue weighted by Crippen LogP contribution is 2.33. The predicted molar refractivity (Wildman–Crippen MR) is 52.7 cm³/mol. The second-order valence-electron chi connectivity index (χ2n) is 2.64. The Morgan fingerprint density at radius 3 is 2.43 bits per heavy atom. The van der Waals surface area contributed by atoms with Gasteiger partial charge in [0, 0.05) is 10.6 Å². The minimum atomic E-state index is -1.36. The summed E-state index contributed by atoms with van der Waals surface area (Å²) >= 11 is 11.3. The highest BCUT2D eigenvalue weighted by Gasteiger charge is 2.21. The van der Waals surface area contributed by atoms with Crippen molar-refractivity contribution in [3.8, 4) is 5.75 Å². The molecule has 0 saturated carbocycles. The van der Waals surface area contributed by atoms with Crippen molar-refractivity contribution in [2.24, 2.45) is 5.73 Å². The third kappa shape index (κ3) is 2.09. The maximum atomic E-state index is 10.6. The molecule has 0 bridgehead atoms. The Labute approximate surface area is 89.9 Å². The van der Waals surface area contributed by atoms with E-state index in [0.717, 1.165) is 0 Å². The lowest BCUT2D eigenvalue weighted by Crippen LogP contribution is -2.21. The minimum Gasteiger partial charge on any atom is -0.507 e. The zero-order valence-electron chi connectivity index (χ0n) is 6.87. The Morgan fingerprint density at radius 2 is 2.00 bits per heavy atom. The molecule has 0 aliphatic rings. The highest BCUT2D eigenvalue weighted by molar-refractivity contribution is 6.35. The average molecular weight is 236 g/mol. The van der Waals surface area contributed by atoms with Crippen LogP contribution in [0.25, 0.3) is 0 Å². The molecule has 0 saturated heterocycles. The third-order valence-corrected chi connectivity index (χ3v) is 2.18. The number of aromatic hydroxyl groups is 1. The van der Waals surface area contributed by atoms with Crippen LogP contribution in [0.2, 0.25) is 10.0 Å². The molecule has 0 aliphatic heterocycles. The Bertz CT molecular complexity index is 358. The lowest BCUT2D eigenvalue weighted by atomic mass is 10.1. The first-order valence-electron chi connectivity index (χ1n) is 3.59. The lowest BCUT2D eigenvalue weighted by Gasteiger charge is -2.11. The fraction of sp³-hybridized carbons (Fsp3) is 0.125. The monoisotopic (exact) mass is 235 g/mol. The van der Waals surface area contributed by atoms with E-state index in [1.165, 1.54) is 12.1 Å². The summed E-state index contributed by atoms with van der Waals surface area (Å²) in [5.74, 6) is -1.60. The van der Waals surface area contributed by atoms with Crippen LogP contribution >= 0.6 is 23.2 Å². The molecule has 1 aromatic rings. The number of carboxylic acid groups (broad SMARTS) is 1. The fourth-order valence-corrected chi connectivity index (χ4v) is 1.60. The number of phenols is 1. The Balaban J connectivity index is 3.27. The van der Waals surface area contributed by atoms with Crippen LogP contribution in [0, 0.1) is 0 Å². The van der Waals surface area contributed by atoms with Gasteiger partial charge in [0.15, 0.2) is 0 Å². The van der Waals surface area contributed by atoms with Gasteiger partial charge in [-0.05, 0) is 12.1 Å². The Hall–Kier alpha value is -0.970. The van der Waals surface area contributed by atoms with Crippen molar-refractivity contribution in [2.45, 2.75) is 6.04 Å². The summed E-state index contributed by atoms with van der Waals surface area (Å²) in [5, 5.41) is 18.3.